The first kappa shape index (κ1) is 21.7. The number of H-pyrrole nitrogens is 1. The number of hydrogen-bond donors (Lipinski definition) is 1. The standard InChI is InChI=1S/C27H26FN5O2/c1-27(9-10-27)25(34)32-12-8-17(16-32)13-24-30-31-26(35)33(24)23-7-6-19(14-21(23)28)20-5-4-18-3-2-11-29-22(18)15-20/h2-7,11,14-15,17H,8-10,12-13,16H2,1H3,(H,31,35). The SMILES string of the molecule is CC1(C(=O)N2CCC(Cc3n[nH]c(=O)n3-c3ccc(-c4ccc5cccnc5c4)cc3F)C2)CC1. The average Bonchev–Trinajstić information content (AvgIpc) is 3.28. The Hall–Kier alpha value is -3.81. The summed E-state index contributed by atoms with van der Waals surface area (Å²) < 4.78 is 16.6. The van der Waals surface area contributed by atoms with E-state index in [1.165, 1.54) is 10.6 Å². The van der Waals surface area contributed by atoms with Crippen LogP contribution in [0.25, 0.3) is 27.7 Å². The highest BCUT2D eigenvalue weighted by atomic mass is 19.1. The number of carbonyl (C=O) groups is 1. The minimum atomic E-state index is -0.502. The van der Waals surface area contributed by atoms with Crippen LogP contribution in [0.4, 0.5) is 4.39 Å². The van der Waals surface area contributed by atoms with Gasteiger partial charge in [-0.25, -0.2) is 18.9 Å². The van der Waals surface area contributed by atoms with Crippen molar-refractivity contribution in [2.24, 2.45) is 11.3 Å². The van der Waals surface area contributed by atoms with Crippen molar-refractivity contribution in [1.82, 2.24) is 24.6 Å². The number of likely N-dealkylation sites (tertiary alicyclic amines) is 1. The van der Waals surface area contributed by atoms with Crippen molar-refractivity contribution in [1.29, 1.82) is 0 Å². The van der Waals surface area contributed by atoms with E-state index in [0.717, 1.165) is 42.3 Å². The first-order valence-electron chi connectivity index (χ1n) is 12.0. The van der Waals surface area contributed by atoms with Crippen LogP contribution in [0.15, 0.2) is 59.5 Å². The lowest BCUT2D eigenvalue weighted by Crippen LogP contribution is -2.34. The van der Waals surface area contributed by atoms with E-state index in [1.807, 2.05) is 42.2 Å². The molecule has 1 saturated heterocycles. The van der Waals surface area contributed by atoms with Crippen LogP contribution in [0.2, 0.25) is 0 Å². The van der Waals surface area contributed by atoms with Crippen LogP contribution in [0, 0.1) is 17.2 Å². The number of carbonyl (C=O) groups excluding carboxylic acids is 1. The van der Waals surface area contributed by atoms with Gasteiger partial charge in [0.25, 0.3) is 0 Å². The Balaban J connectivity index is 1.25. The van der Waals surface area contributed by atoms with Gasteiger partial charge >= 0.3 is 5.69 Å². The van der Waals surface area contributed by atoms with Gasteiger partial charge in [-0.2, -0.15) is 5.10 Å². The Labute approximate surface area is 201 Å². The third-order valence-corrected chi connectivity index (χ3v) is 7.43. The molecule has 3 heterocycles. The van der Waals surface area contributed by atoms with Crippen molar-refractivity contribution < 1.29 is 9.18 Å². The molecule has 1 aliphatic carbocycles. The second-order valence-corrected chi connectivity index (χ2v) is 10.0. The smallest absolute Gasteiger partial charge is 0.342 e. The fourth-order valence-corrected chi connectivity index (χ4v) is 5.05. The highest BCUT2D eigenvalue weighted by Crippen LogP contribution is 2.47. The molecule has 1 saturated carbocycles. The molecule has 178 valence electrons. The van der Waals surface area contributed by atoms with E-state index in [0.29, 0.717) is 24.4 Å². The summed E-state index contributed by atoms with van der Waals surface area (Å²) in [7, 11) is 0. The van der Waals surface area contributed by atoms with Crippen molar-refractivity contribution in [3.8, 4) is 16.8 Å². The second-order valence-electron chi connectivity index (χ2n) is 10.0. The summed E-state index contributed by atoms with van der Waals surface area (Å²) in [5, 5.41) is 7.68. The molecule has 0 spiro atoms. The molecule has 6 rings (SSSR count). The fraction of sp³-hybridized carbons (Fsp3) is 0.333. The molecule has 7 nitrogen and oxygen atoms in total. The maximum Gasteiger partial charge on any atom is 0.348 e. The van der Waals surface area contributed by atoms with E-state index < -0.39 is 11.5 Å². The first-order chi connectivity index (χ1) is 16.9. The van der Waals surface area contributed by atoms with Crippen molar-refractivity contribution in [2.75, 3.05) is 13.1 Å². The van der Waals surface area contributed by atoms with E-state index >= 15 is 4.39 Å². The molecule has 0 radical (unpaired) electrons. The number of pyridine rings is 1. The van der Waals surface area contributed by atoms with Gasteiger partial charge in [0, 0.05) is 36.5 Å². The van der Waals surface area contributed by atoms with E-state index in [4.69, 9.17) is 0 Å². The number of benzene rings is 2. The summed E-state index contributed by atoms with van der Waals surface area (Å²) in [4.78, 5) is 31.6. The Morgan fingerprint density at radius 1 is 1.17 bits per heavy atom. The number of aromatic amines is 1. The monoisotopic (exact) mass is 471 g/mol. The second kappa shape index (κ2) is 8.15. The van der Waals surface area contributed by atoms with Crippen LogP contribution in [0.1, 0.15) is 32.0 Å². The van der Waals surface area contributed by atoms with Gasteiger partial charge in [0.05, 0.1) is 11.2 Å². The minimum absolute atomic E-state index is 0.165. The molecular weight excluding hydrogens is 445 g/mol. The van der Waals surface area contributed by atoms with E-state index in [-0.39, 0.29) is 22.9 Å². The molecule has 4 aromatic rings. The van der Waals surface area contributed by atoms with Gasteiger partial charge < -0.3 is 4.90 Å². The Bertz CT molecular complexity index is 1500. The molecule has 2 aromatic heterocycles. The number of fused-ring (bicyclic) bond motifs is 1. The number of nitrogens with one attached hydrogen (secondary N) is 1. The quantitative estimate of drug-likeness (QED) is 0.475. The molecule has 2 aromatic carbocycles. The minimum Gasteiger partial charge on any atom is -0.342 e. The summed E-state index contributed by atoms with van der Waals surface area (Å²) in [6, 6.07) is 14.5. The van der Waals surface area contributed by atoms with Crippen molar-refractivity contribution in [2.45, 2.75) is 32.6 Å². The highest BCUT2D eigenvalue weighted by molar-refractivity contribution is 5.85. The highest BCUT2D eigenvalue weighted by Gasteiger charge is 2.48. The van der Waals surface area contributed by atoms with Gasteiger partial charge in [0.2, 0.25) is 5.91 Å². The zero-order valence-corrected chi connectivity index (χ0v) is 19.5. The molecular formula is C27H26FN5O2. The first-order valence-corrected chi connectivity index (χ1v) is 12.0. The number of halogens is 1. The molecule has 0 bridgehead atoms. The van der Waals surface area contributed by atoms with Crippen molar-refractivity contribution in [3.63, 3.8) is 0 Å². The maximum atomic E-state index is 15.3. The molecule has 35 heavy (non-hydrogen) atoms. The number of nitrogens with zero attached hydrogens (tertiary/aromatic N) is 4. The Kier molecular flexibility index (Phi) is 5.05. The number of amides is 1. The van der Waals surface area contributed by atoms with Gasteiger partial charge in [-0.1, -0.05) is 31.2 Å². The Morgan fingerprint density at radius 2 is 1.97 bits per heavy atom. The molecule has 1 amide bonds. The largest absolute Gasteiger partial charge is 0.348 e. The molecule has 2 aliphatic rings. The Morgan fingerprint density at radius 3 is 2.77 bits per heavy atom. The van der Waals surface area contributed by atoms with Crippen molar-refractivity contribution >= 4 is 16.8 Å². The molecule has 1 atom stereocenters. The molecule has 2 fully saturated rings. The normalized spacial score (nSPS) is 18.8. The third-order valence-electron chi connectivity index (χ3n) is 7.43. The van der Waals surface area contributed by atoms with Crippen molar-refractivity contribution in [3.05, 3.63) is 76.9 Å². The summed E-state index contributed by atoms with van der Waals surface area (Å²) in [6.45, 7) is 3.39. The van der Waals surface area contributed by atoms with Gasteiger partial charge in [-0.05, 0) is 60.6 Å². The summed E-state index contributed by atoms with van der Waals surface area (Å²) in [5.74, 6) is 0.388. The lowest BCUT2D eigenvalue weighted by Gasteiger charge is -2.20. The van der Waals surface area contributed by atoms with E-state index in [1.54, 1.807) is 18.3 Å². The molecule has 8 heteroatoms. The van der Waals surface area contributed by atoms with Gasteiger partial charge in [-0.3, -0.25) is 9.78 Å². The molecule has 1 N–H and O–H groups in total. The zero-order chi connectivity index (χ0) is 24.2. The third kappa shape index (κ3) is 3.92. The van der Waals surface area contributed by atoms with E-state index in [2.05, 4.69) is 15.2 Å². The predicted molar refractivity (Wildman–Crippen MR) is 131 cm³/mol. The number of hydrogen-bond acceptors (Lipinski definition) is 4. The fourth-order valence-electron chi connectivity index (χ4n) is 5.05. The van der Waals surface area contributed by atoms with Crippen LogP contribution >= 0.6 is 0 Å². The van der Waals surface area contributed by atoms with Gasteiger partial charge in [0.1, 0.15) is 11.6 Å². The van der Waals surface area contributed by atoms with Crippen LogP contribution in [0.3, 0.4) is 0 Å². The zero-order valence-electron chi connectivity index (χ0n) is 19.5. The van der Waals surface area contributed by atoms with Crippen LogP contribution in [-0.4, -0.2) is 43.6 Å². The molecule has 1 aliphatic heterocycles. The number of aromatic nitrogens is 4. The number of rotatable bonds is 5. The summed E-state index contributed by atoms with van der Waals surface area (Å²) in [5.41, 5.74) is 1.89. The van der Waals surface area contributed by atoms with E-state index in [9.17, 15) is 9.59 Å². The molecule has 1 unspecified atom stereocenters. The van der Waals surface area contributed by atoms with Crippen LogP contribution in [0.5, 0.6) is 0 Å². The average molecular weight is 472 g/mol. The van der Waals surface area contributed by atoms with Gasteiger partial charge in [-0.15, -0.1) is 0 Å². The lowest BCUT2D eigenvalue weighted by atomic mass is 10.0. The van der Waals surface area contributed by atoms with Crippen LogP contribution in [-0.2, 0) is 11.2 Å². The predicted octanol–water partition coefficient (Wildman–Crippen LogP) is 4.11. The summed E-state index contributed by atoms with van der Waals surface area (Å²) >= 11 is 0. The van der Waals surface area contributed by atoms with Gasteiger partial charge in [0.15, 0.2) is 0 Å². The topological polar surface area (TPSA) is 83.9 Å². The lowest BCUT2D eigenvalue weighted by molar-refractivity contribution is -0.135. The maximum absolute atomic E-state index is 15.3. The van der Waals surface area contributed by atoms with Crippen LogP contribution < -0.4 is 5.69 Å². The summed E-state index contributed by atoms with van der Waals surface area (Å²) in [6.07, 6.45) is 4.99.